The molecule has 28 heavy (non-hydrogen) atoms. The van der Waals surface area contributed by atoms with E-state index < -0.39 is 0 Å². The zero-order valence-corrected chi connectivity index (χ0v) is 16.4. The SMILES string of the molecule is Cc1cc(C(=O)N2CCC(CCn3c(C)cnc3-c3cccnc3)CC2)n[nH]1. The molecule has 4 rings (SSSR count). The molecule has 0 aliphatic carbocycles. The number of aromatic amines is 1. The number of carbonyl (C=O) groups excluding carboxylic acids is 1. The lowest BCUT2D eigenvalue weighted by Gasteiger charge is -2.31. The maximum Gasteiger partial charge on any atom is 0.274 e. The number of likely N-dealkylation sites (tertiary alicyclic amines) is 1. The van der Waals surface area contributed by atoms with Crippen LogP contribution in [0.4, 0.5) is 0 Å². The number of carbonyl (C=O) groups is 1. The lowest BCUT2D eigenvalue weighted by molar-refractivity contribution is 0.0679. The van der Waals surface area contributed by atoms with E-state index in [1.807, 2.05) is 42.4 Å². The van der Waals surface area contributed by atoms with E-state index >= 15 is 0 Å². The summed E-state index contributed by atoms with van der Waals surface area (Å²) in [5.74, 6) is 1.63. The Morgan fingerprint density at radius 3 is 2.75 bits per heavy atom. The summed E-state index contributed by atoms with van der Waals surface area (Å²) < 4.78 is 2.28. The number of aryl methyl sites for hydroxylation is 2. The van der Waals surface area contributed by atoms with Gasteiger partial charge in [-0.1, -0.05) is 0 Å². The van der Waals surface area contributed by atoms with Crippen LogP contribution in [0.2, 0.25) is 0 Å². The summed E-state index contributed by atoms with van der Waals surface area (Å²) >= 11 is 0. The fraction of sp³-hybridized carbons (Fsp3) is 0.429. The first-order valence-electron chi connectivity index (χ1n) is 9.85. The predicted octanol–water partition coefficient (Wildman–Crippen LogP) is 3.23. The average Bonchev–Trinajstić information content (AvgIpc) is 3.32. The molecule has 0 atom stereocenters. The summed E-state index contributed by atoms with van der Waals surface area (Å²) in [7, 11) is 0. The minimum absolute atomic E-state index is 0.0344. The first-order chi connectivity index (χ1) is 13.6. The minimum Gasteiger partial charge on any atom is -0.337 e. The van der Waals surface area contributed by atoms with Crippen LogP contribution in [-0.2, 0) is 6.54 Å². The number of piperidine rings is 1. The van der Waals surface area contributed by atoms with Crippen molar-refractivity contribution in [2.24, 2.45) is 5.92 Å². The second kappa shape index (κ2) is 7.96. The van der Waals surface area contributed by atoms with Crippen molar-refractivity contribution < 1.29 is 4.79 Å². The van der Waals surface area contributed by atoms with E-state index in [0.717, 1.165) is 56.0 Å². The molecular weight excluding hydrogens is 352 g/mol. The van der Waals surface area contributed by atoms with Gasteiger partial charge in [0.1, 0.15) is 11.5 Å². The molecule has 3 aromatic heterocycles. The molecule has 1 N–H and O–H groups in total. The summed E-state index contributed by atoms with van der Waals surface area (Å²) in [6.45, 7) is 6.54. The van der Waals surface area contributed by atoms with Crippen LogP contribution in [0.1, 0.15) is 41.1 Å². The van der Waals surface area contributed by atoms with Gasteiger partial charge in [0, 0.05) is 55.2 Å². The maximum absolute atomic E-state index is 12.5. The highest BCUT2D eigenvalue weighted by Crippen LogP contribution is 2.25. The molecule has 0 aromatic carbocycles. The van der Waals surface area contributed by atoms with Crippen LogP contribution in [0, 0.1) is 19.8 Å². The highest BCUT2D eigenvalue weighted by Gasteiger charge is 2.25. The molecular formula is C21H26N6O. The zero-order valence-electron chi connectivity index (χ0n) is 16.4. The lowest BCUT2D eigenvalue weighted by Crippen LogP contribution is -2.38. The number of nitrogens with one attached hydrogen (secondary N) is 1. The summed E-state index contributed by atoms with van der Waals surface area (Å²) in [4.78, 5) is 23.3. The molecule has 3 aromatic rings. The number of imidazole rings is 1. The standard InChI is InChI=1S/C21H26N6O/c1-15-12-19(25-24-15)21(28)26-9-5-17(6-10-26)7-11-27-16(2)13-23-20(27)18-4-3-8-22-14-18/h3-4,8,12-14,17H,5-7,9-11H2,1-2H3,(H,24,25). The average molecular weight is 378 g/mol. The van der Waals surface area contributed by atoms with E-state index in [-0.39, 0.29) is 5.91 Å². The van der Waals surface area contributed by atoms with Gasteiger partial charge in [-0.15, -0.1) is 0 Å². The quantitative estimate of drug-likeness (QED) is 0.739. The number of hydrogen-bond acceptors (Lipinski definition) is 4. The largest absolute Gasteiger partial charge is 0.337 e. The first-order valence-corrected chi connectivity index (χ1v) is 9.85. The van der Waals surface area contributed by atoms with E-state index in [1.54, 1.807) is 6.20 Å². The number of H-pyrrole nitrogens is 1. The van der Waals surface area contributed by atoms with Crippen LogP contribution >= 0.6 is 0 Å². The molecule has 1 aliphatic rings. The van der Waals surface area contributed by atoms with E-state index in [1.165, 1.54) is 5.69 Å². The predicted molar refractivity (Wildman–Crippen MR) is 107 cm³/mol. The Morgan fingerprint density at radius 2 is 2.07 bits per heavy atom. The van der Waals surface area contributed by atoms with E-state index in [4.69, 9.17) is 0 Å². The van der Waals surface area contributed by atoms with Gasteiger partial charge in [0.05, 0.1) is 0 Å². The van der Waals surface area contributed by atoms with Crippen LogP contribution in [0.15, 0.2) is 36.8 Å². The van der Waals surface area contributed by atoms with E-state index in [2.05, 4.69) is 31.7 Å². The number of pyridine rings is 1. The molecule has 0 spiro atoms. The van der Waals surface area contributed by atoms with Gasteiger partial charge in [0.25, 0.3) is 5.91 Å². The van der Waals surface area contributed by atoms with Gasteiger partial charge in [-0.3, -0.25) is 14.9 Å². The molecule has 0 unspecified atom stereocenters. The second-order valence-corrected chi connectivity index (χ2v) is 7.58. The Morgan fingerprint density at radius 1 is 1.25 bits per heavy atom. The summed E-state index contributed by atoms with van der Waals surface area (Å²) in [5.41, 5.74) is 3.65. The molecule has 1 saturated heterocycles. The van der Waals surface area contributed by atoms with Crippen LogP contribution in [0.5, 0.6) is 0 Å². The minimum atomic E-state index is 0.0344. The third-order valence-corrected chi connectivity index (χ3v) is 5.56. The van der Waals surface area contributed by atoms with E-state index in [0.29, 0.717) is 11.6 Å². The third-order valence-electron chi connectivity index (χ3n) is 5.56. The molecule has 0 radical (unpaired) electrons. The normalized spacial score (nSPS) is 15.1. The molecule has 0 bridgehead atoms. The molecule has 7 heteroatoms. The fourth-order valence-electron chi connectivity index (χ4n) is 3.89. The lowest BCUT2D eigenvalue weighted by atomic mass is 9.93. The molecule has 146 valence electrons. The molecule has 4 heterocycles. The van der Waals surface area contributed by atoms with Gasteiger partial charge >= 0.3 is 0 Å². The van der Waals surface area contributed by atoms with Crippen molar-refractivity contribution in [3.05, 3.63) is 53.9 Å². The van der Waals surface area contributed by atoms with Gasteiger partial charge in [-0.25, -0.2) is 4.98 Å². The number of hydrogen-bond donors (Lipinski definition) is 1. The molecule has 7 nitrogen and oxygen atoms in total. The fourth-order valence-corrected chi connectivity index (χ4v) is 3.89. The number of rotatable bonds is 5. The summed E-state index contributed by atoms with van der Waals surface area (Å²) in [6.07, 6.45) is 8.72. The summed E-state index contributed by atoms with van der Waals surface area (Å²) in [6, 6.07) is 5.81. The van der Waals surface area contributed by atoms with Crippen molar-refractivity contribution in [2.45, 2.75) is 39.7 Å². The Balaban J connectivity index is 1.34. The van der Waals surface area contributed by atoms with Crippen LogP contribution in [-0.4, -0.2) is 48.6 Å². The molecule has 1 amide bonds. The highest BCUT2D eigenvalue weighted by molar-refractivity contribution is 5.92. The van der Waals surface area contributed by atoms with E-state index in [9.17, 15) is 4.79 Å². The van der Waals surface area contributed by atoms with Crippen LogP contribution in [0.3, 0.4) is 0 Å². The molecule has 1 aliphatic heterocycles. The Hall–Kier alpha value is -2.96. The van der Waals surface area contributed by atoms with Crippen molar-refractivity contribution in [1.82, 2.24) is 29.6 Å². The van der Waals surface area contributed by atoms with Crippen molar-refractivity contribution >= 4 is 5.91 Å². The molecule has 0 saturated carbocycles. The number of aromatic nitrogens is 5. The number of amides is 1. The Labute approximate surface area is 164 Å². The Kier molecular flexibility index (Phi) is 5.23. The van der Waals surface area contributed by atoms with Crippen LogP contribution < -0.4 is 0 Å². The van der Waals surface area contributed by atoms with Gasteiger partial charge in [-0.05, 0) is 57.2 Å². The van der Waals surface area contributed by atoms with Crippen molar-refractivity contribution in [3.63, 3.8) is 0 Å². The van der Waals surface area contributed by atoms with Gasteiger partial charge in [0.15, 0.2) is 0 Å². The van der Waals surface area contributed by atoms with Crippen molar-refractivity contribution in [1.29, 1.82) is 0 Å². The zero-order chi connectivity index (χ0) is 19.5. The first kappa shape index (κ1) is 18.4. The topological polar surface area (TPSA) is 79.7 Å². The second-order valence-electron chi connectivity index (χ2n) is 7.58. The van der Waals surface area contributed by atoms with Crippen LogP contribution in [0.25, 0.3) is 11.4 Å². The molecule has 1 fully saturated rings. The number of nitrogens with zero attached hydrogens (tertiary/aromatic N) is 5. The highest BCUT2D eigenvalue weighted by atomic mass is 16.2. The third kappa shape index (κ3) is 3.83. The smallest absolute Gasteiger partial charge is 0.274 e. The van der Waals surface area contributed by atoms with Gasteiger partial charge in [0.2, 0.25) is 0 Å². The summed E-state index contributed by atoms with van der Waals surface area (Å²) in [5, 5.41) is 6.94. The van der Waals surface area contributed by atoms with Gasteiger partial charge < -0.3 is 9.47 Å². The Bertz CT molecular complexity index is 937. The maximum atomic E-state index is 12.5. The van der Waals surface area contributed by atoms with Crippen molar-refractivity contribution in [2.75, 3.05) is 13.1 Å². The van der Waals surface area contributed by atoms with Gasteiger partial charge in [-0.2, -0.15) is 5.10 Å². The monoisotopic (exact) mass is 378 g/mol. The van der Waals surface area contributed by atoms with Crippen molar-refractivity contribution in [3.8, 4) is 11.4 Å².